The molecule has 0 radical (unpaired) electrons. The number of rotatable bonds is 5. The van der Waals surface area contributed by atoms with Crippen molar-refractivity contribution in [2.24, 2.45) is 0 Å². The monoisotopic (exact) mass is 387 g/mol. The van der Waals surface area contributed by atoms with Crippen molar-refractivity contribution in [2.45, 2.75) is 64.6 Å². The molecule has 2 aromatic rings. The van der Waals surface area contributed by atoms with Gasteiger partial charge in [0.25, 0.3) is 5.56 Å². The highest BCUT2D eigenvalue weighted by atomic mass is 19.1. The van der Waals surface area contributed by atoms with Crippen LogP contribution in [0.15, 0.2) is 29.1 Å². The van der Waals surface area contributed by atoms with Gasteiger partial charge in [-0.2, -0.15) is 5.10 Å². The highest BCUT2D eigenvalue weighted by Crippen LogP contribution is 2.31. The Morgan fingerprint density at radius 2 is 2.04 bits per heavy atom. The lowest BCUT2D eigenvalue weighted by Crippen LogP contribution is -2.54. The van der Waals surface area contributed by atoms with Crippen LogP contribution in [0.5, 0.6) is 0 Å². The summed E-state index contributed by atoms with van der Waals surface area (Å²) in [6, 6.07) is 5.99. The normalized spacial score (nSPS) is 21.5. The third-order valence-corrected chi connectivity index (χ3v) is 5.02. The molecule has 1 aliphatic rings. The third kappa shape index (κ3) is 4.30. The SMILES string of the molecule is Cc1ccc(F)c(-c2cc(=O)n(CC(=O)N[C@H]3C[C@@](C)(O)C3)nc2C(C)C)c1. The minimum absolute atomic E-state index is 0.0634. The van der Waals surface area contributed by atoms with Gasteiger partial charge in [-0.15, -0.1) is 0 Å². The van der Waals surface area contributed by atoms with Gasteiger partial charge in [0.15, 0.2) is 0 Å². The number of hydrogen-bond donors (Lipinski definition) is 2. The maximum absolute atomic E-state index is 14.4. The zero-order valence-corrected chi connectivity index (χ0v) is 16.6. The van der Waals surface area contributed by atoms with E-state index >= 15 is 0 Å². The van der Waals surface area contributed by atoms with Gasteiger partial charge in [0, 0.05) is 23.2 Å². The Morgan fingerprint density at radius 1 is 1.36 bits per heavy atom. The van der Waals surface area contributed by atoms with Gasteiger partial charge in [0.05, 0.1) is 11.3 Å². The smallest absolute Gasteiger partial charge is 0.267 e. The molecule has 0 bridgehead atoms. The minimum atomic E-state index is -0.739. The number of carbonyl (C=O) groups is 1. The molecule has 1 aromatic carbocycles. The van der Waals surface area contributed by atoms with Crippen LogP contribution in [-0.4, -0.2) is 32.4 Å². The second-order valence-corrected chi connectivity index (χ2v) is 8.25. The molecule has 150 valence electrons. The Balaban J connectivity index is 1.88. The first-order chi connectivity index (χ1) is 13.1. The van der Waals surface area contributed by atoms with Crippen LogP contribution in [0.2, 0.25) is 0 Å². The van der Waals surface area contributed by atoms with E-state index in [1.807, 2.05) is 20.8 Å². The number of halogens is 1. The van der Waals surface area contributed by atoms with Crippen LogP contribution in [0.25, 0.3) is 11.1 Å². The second-order valence-electron chi connectivity index (χ2n) is 8.25. The maximum atomic E-state index is 14.4. The van der Waals surface area contributed by atoms with Gasteiger partial charge in [-0.25, -0.2) is 9.07 Å². The van der Waals surface area contributed by atoms with Gasteiger partial charge in [-0.3, -0.25) is 9.59 Å². The molecule has 0 unspecified atom stereocenters. The molecule has 1 aliphatic carbocycles. The lowest BCUT2D eigenvalue weighted by molar-refractivity contribution is -0.125. The predicted molar refractivity (Wildman–Crippen MR) is 105 cm³/mol. The van der Waals surface area contributed by atoms with Crippen molar-refractivity contribution in [3.8, 4) is 11.1 Å². The molecule has 0 aliphatic heterocycles. The molecule has 1 heterocycles. The van der Waals surface area contributed by atoms with Crippen LogP contribution in [0.4, 0.5) is 4.39 Å². The summed E-state index contributed by atoms with van der Waals surface area (Å²) < 4.78 is 15.5. The summed E-state index contributed by atoms with van der Waals surface area (Å²) in [5.74, 6) is -0.813. The average molecular weight is 387 g/mol. The van der Waals surface area contributed by atoms with Crippen molar-refractivity contribution in [3.63, 3.8) is 0 Å². The molecule has 7 heteroatoms. The van der Waals surface area contributed by atoms with E-state index < -0.39 is 17.0 Å². The molecule has 1 saturated carbocycles. The maximum Gasteiger partial charge on any atom is 0.267 e. The quantitative estimate of drug-likeness (QED) is 0.826. The van der Waals surface area contributed by atoms with Crippen molar-refractivity contribution < 1.29 is 14.3 Å². The van der Waals surface area contributed by atoms with Gasteiger partial charge in [-0.1, -0.05) is 25.5 Å². The fourth-order valence-electron chi connectivity index (χ4n) is 3.62. The first-order valence-corrected chi connectivity index (χ1v) is 9.46. The summed E-state index contributed by atoms with van der Waals surface area (Å²) in [7, 11) is 0. The molecule has 28 heavy (non-hydrogen) atoms. The van der Waals surface area contributed by atoms with Crippen molar-refractivity contribution in [1.82, 2.24) is 15.1 Å². The van der Waals surface area contributed by atoms with Crippen molar-refractivity contribution >= 4 is 5.91 Å². The van der Waals surface area contributed by atoms with Crippen molar-refractivity contribution in [3.05, 3.63) is 51.7 Å². The number of aliphatic hydroxyl groups is 1. The van der Waals surface area contributed by atoms with Gasteiger partial charge < -0.3 is 10.4 Å². The third-order valence-electron chi connectivity index (χ3n) is 5.02. The second kappa shape index (κ2) is 7.47. The fraction of sp³-hybridized carbons (Fsp3) is 0.476. The van der Waals surface area contributed by atoms with E-state index in [0.717, 1.165) is 10.2 Å². The number of benzene rings is 1. The molecule has 6 nitrogen and oxygen atoms in total. The predicted octanol–water partition coefficient (Wildman–Crippen LogP) is 2.51. The van der Waals surface area contributed by atoms with Crippen molar-refractivity contribution in [2.75, 3.05) is 0 Å². The molecule has 3 rings (SSSR count). The van der Waals surface area contributed by atoms with Crippen LogP contribution in [-0.2, 0) is 11.3 Å². The van der Waals surface area contributed by atoms with E-state index in [4.69, 9.17) is 0 Å². The molecular formula is C21H26FN3O3. The highest BCUT2D eigenvalue weighted by molar-refractivity contribution is 5.76. The molecular weight excluding hydrogens is 361 g/mol. The topological polar surface area (TPSA) is 84.2 Å². The van der Waals surface area contributed by atoms with E-state index in [9.17, 15) is 19.1 Å². The van der Waals surface area contributed by atoms with Crippen LogP contribution in [0.1, 0.15) is 50.8 Å². The Labute approximate surface area is 163 Å². The molecule has 0 saturated heterocycles. The molecule has 1 aromatic heterocycles. The number of nitrogens with zero attached hydrogens (tertiary/aromatic N) is 2. The lowest BCUT2D eigenvalue weighted by Gasteiger charge is -2.41. The van der Waals surface area contributed by atoms with E-state index in [-0.39, 0.29) is 24.4 Å². The zero-order chi connectivity index (χ0) is 20.6. The van der Waals surface area contributed by atoms with Gasteiger partial charge in [-0.05, 0) is 44.7 Å². The first kappa shape index (κ1) is 20.2. The molecule has 2 N–H and O–H groups in total. The number of nitrogens with one attached hydrogen (secondary N) is 1. The standard InChI is InChI=1S/C21H26FN3O3/c1-12(2)20-16(15-7-13(3)5-6-17(15)22)8-19(27)25(24-20)11-18(26)23-14-9-21(4,28)10-14/h5-8,12,14,28H,9-11H2,1-4H3,(H,23,26)/t14-,21+. The molecule has 1 fully saturated rings. The van der Waals surface area contributed by atoms with Gasteiger partial charge in [0.2, 0.25) is 5.91 Å². The van der Waals surface area contributed by atoms with E-state index in [1.165, 1.54) is 12.1 Å². The highest BCUT2D eigenvalue weighted by Gasteiger charge is 2.39. The Morgan fingerprint density at radius 3 is 2.64 bits per heavy atom. The summed E-state index contributed by atoms with van der Waals surface area (Å²) in [6.45, 7) is 7.18. The number of aryl methyl sites for hydroxylation is 1. The Kier molecular flexibility index (Phi) is 5.39. The number of aromatic nitrogens is 2. The molecule has 0 atom stereocenters. The average Bonchev–Trinajstić information content (AvgIpc) is 2.56. The van der Waals surface area contributed by atoms with Crippen molar-refractivity contribution in [1.29, 1.82) is 0 Å². The summed E-state index contributed by atoms with van der Waals surface area (Å²) in [4.78, 5) is 24.8. The van der Waals surface area contributed by atoms with Crippen LogP contribution in [0.3, 0.4) is 0 Å². The summed E-state index contributed by atoms with van der Waals surface area (Å²) in [6.07, 6.45) is 0.980. The fourth-order valence-corrected chi connectivity index (χ4v) is 3.62. The summed E-state index contributed by atoms with van der Waals surface area (Å²) >= 11 is 0. The van der Waals surface area contributed by atoms with Crippen LogP contribution in [0, 0.1) is 12.7 Å². The lowest BCUT2D eigenvalue weighted by atomic mass is 9.77. The number of hydrogen-bond acceptors (Lipinski definition) is 4. The van der Waals surface area contributed by atoms with Crippen LogP contribution < -0.4 is 10.9 Å². The summed E-state index contributed by atoms with van der Waals surface area (Å²) in [5.41, 5.74) is 1.03. The van der Waals surface area contributed by atoms with Crippen LogP contribution >= 0.6 is 0 Å². The number of carbonyl (C=O) groups excluding carboxylic acids is 1. The summed E-state index contributed by atoms with van der Waals surface area (Å²) in [5, 5.41) is 16.9. The zero-order valence-electron chi connectivity index (χ0n) is 16.6. The first-order valence-electron chi connectivity index (χ1n) is 9.46. The molecule has 0 spiro atoms. The van der Waals surface area contributed by atoms with E-state index in [0.29, 0.717) is 29.7 Å². The minimum Gasteiger partial charge on any atom is -0.390 e. The van der Waals surface area contributed by atoms with Gasteiger partial charge in [0.1, 0.15) is 12.4 Å². The largest absolute Gasteiger partial charge is 0.390 e. The van der Waals surface area contributed by atoms with E-state index in [2.05, 4.69) is 10.4 Å². The van der Waals surface area contributed by atoms with E-state index in [1.54, 1.807) is 19.1 Å². The Hall–Kier alpha value is -2.54. The van der Waals surface area contributed by atoms with Gasteiger partial charge >= 0.3 is 0 Å². The Bertz CT molecular complexity index is 958. The molecule has 1 amide bonds. The number of amides is 1.